The third kappa shape index (κ3) is 3.16. The summed E-state index contributed by atoms with van der Waals surface area (Å²) in [5.41, 5.74) is 0. The average molecular weight is 307 g/mol. The molecule has 0 spiro atoms. The highest BCUT2D eigenvalue weighted by molar-refractivity contribution is 5.74. The molecule has 6 nitrogen and oxygen atoms in total. The third-order valence-electron chi connectivity index (χ3n) is 4.93. The van der Waals surface area contributed by atoms with E-state index in [0.29, 0.717) is 30.3 Å². The highest BCUT2D eigenvalue weighted by Crippen LogP contribution is 2.40. The van der Waals surface area contributed by atoms with Gasteiger partial charge in [-0.2, -0.15) is 4.98 Å². The van der Waals surface area contributed by atoms with Gasteiger partial charge in [0.15, 0.2) is 5.82 Å². The van der Waals surface area contributed by atoms with Crippen molar-refractivity contribution in [3.05, 3.63) is 11.7 Å². The minimum absolute atomic E-state index is 0.357. The smallest absolute Gasteiger partial charge is 0.320 e. The zero-order valence-corrected chi connectivity index (χ0v) is 13.4. The Hall–Kier alpha value is -1.43. The molecule has 0 aromatic carbocycles. The maximum atomic E-state index is 11.6. The largest absolute Gasteiger partial charge is 0.480 e. The molecule has 0 radical (unpaired) electrons. The lowest BCUT2D eigenvalue weighted by Crippen LogP contribution is -2.41. The molecule has 1 aromatic heterocycles. The van der Waals surface area contributed by atoms with Gasteiger partial charge in [0.25, 0.3) is 0 Å². The van der Waals surface area contributed by atoms with Crippen LogP contribution in [0.4, 0.5) is 0 Å². The highest BCUT2D eigenvalue weighted by Gasteiger charge is 2.45. The zero-order chi connectivity index (χ0) is 15.7. The molecule has 3 atom stereocenters. The second kappa shape index (κ2) is 6.36. The number of aliphatic carboxylic acids is 1. The molecule has 1 saturated carbocycles. The minimum atomic E-state index is -0.726. The molecule has 6 heteroatoms. The molecule has 1 aliphatic heterocycles. The van der Waals surface area contributed by atoms with Crippen LogP contribution in [0, 0.1) is 11.8 Å². The van der Waals surface area contributed by atoms with Crippen LogP contribution in [0.3, 0.4) is 0 Å². The first-order chi connectivity index (χ1) is 10.5. The molecule has 0 unspecified atom stereocenters. The molecule has 1 aliphatic carbocycles. The molecule has 0 amide bonds. The predicted molar refractivity (Wildman–Crippen MR) is 80.2 cm³/mol. The molecule has 1 N–H and O–H groups in total. The summed E-state index contributed by atoms with van der Waals surface area (Å²) in [4.78, 5) is 18.1. The fraction of sp³-hybridized carbons (Fsp3) is 0.812. The van der Waals surface area contributed by atoms with Gasteiger partial charge in [-0.1, -0.05) is 31.8 Å². The first-order valence-corrected chi connectivity index (χ1v) is 8.34. The zero-order valence-electron chi connectivity index (χ0n) is 13.4. The van der Waals surface area contributed by atoms with Crippen LogP contribution in [0.1, 0.15) is 57.7 Å². The second-order valence-corrected chi connectivity index (χ2v) is 7.08. The summed E-state index contributed by atoms with van der Waals surface area (Å²) in [6, 6.07) is -0.0520. The third-order valence-corrected chi connectivity index (χ3v) is 4.93. The lowest BCUT2D eigenvalue weighted by atomic mass is 9.85. The van der Waals surface area contributed by atoms with Crippen molar-refractivity contribution in [2.45, 2.75) is 71.0 Å². The molecule has 2 aliphatic rings. The summed E-state index contributed by atoms with van der Waals surface area (Å²) in [6.07, 6.45) is 6.19. The number of carboxylic acids is 1. The lowest BCUT2D eigenvalue weighted by molar-refractivity contribution is -0.143. The highest BCUT2D eigenvalue weighted by atomic mass is 16.5. The maximum Gasteiger partial charge on any atom is 0.320 e. The van der Waals surface area contributed by atoms with E-state index < -0.39 is 12.0 Å². The minimum Gasteiger partial charge on any atom is -0.480 e. The summed E-state index contributed by atoms with van der Waals surface area (Å²) >= 11 is 0. The van der Waals surface area contributed by atoms with E-state index in [2.05, 4.69) is 28.9 Å². The van der Waals surface area contributed by atoms with E-state index in [9.17, 15) is 9.90 Å². The van der Waals surface area contributed by atoms with Crippen molar-refractivity contribution in [3.63, 3.8) is 0 Å². The van der Waals surface area contributed by atoms with E-state index in [1.807, 2.05) is 0 Å². The van der Waals surface area contributed by atoms with Gasteiger partial charge in [0.2, 0.25) is 5.89 Å². The number of fused-ring (bicyclic) bond motifs is 1. The number of nitrogens with zero attached hydrogens (tertiary/aromatic N) is 3. The van der Waals surface area contributed by atoms with Crippen molar-refractivity contribution in [1.29, 1.82) is 0 Å². The predicted octanol–water partition coefficient (Wildman–Crippen LogP) is 2.49. The molecule has 1 aromatic rings. The van der Waals surface area contributed by atoms with Gasteiger partial charge in [0.05, 0.1) is 6.54 Å². The monoisotopic (exact) mass is 307 g/mol. The summed E-state index contributed by atoms with van der Waals surface area (Å²) in [7, 11) is 0. The van der Waals surface area contributed by atoms with Gasteiger partial charge in [0, 0.05) is 12.5 Å². The van der Waals surface area contributed by atoms with Gasteiger partial charge in [-0.05, 0) is 31.1 Å². The standard InChI is InChI=1S/C16H25N3O3/c1-10(2)7-14-17-15(22-18-14)9-19-12-6-4-3-5-11(12)8-13(19)16(20)21/h10-13H,3-9H2,1-2H3,(H,20,21)/t11-,12-,13+/m1/s1. The first kappa shape index (κ1) is 15.5. The number of hydrogen-bond donors (Lipinski definition) is 1. The summed E-state index contributed by atoms with van der Waals surface area (Å²) in [6.45, 7) is 4.69. The molecule has 2 fully saturated rings. The Morgan fingerprint density at radius 1 is 1.41 bits per heavy atom. The Morgan fingerprint density at radius 2 is 2.18 bits per heavy atom. The van der Waals surface area contributed by atoms with E-state index in [1.54, 1.807) is 0 Å². The van der Waals surface area contributed by atoms with E-state index in [1.165, 1.54) is 12.8 Å². The number of carbonyl (C=O) groups is 1. The molecule has 22 heavy (non-hydrogen) atoms. The topological polar surface area (TPSA) is 79.5 Å². The quantitative estimate of drug-likeness (QED) is 0.900. The Balaban J connectivity index is 1.73. The number of carboxylic acid groups (broad SMARTS) is 1. The van der Waals surface area contributed by atoms with Gasteiger partial charge in [-0.25, -0.2) is 0 Å². The molecular formula is C16H25N3O3. The molecular weight excluding hydrogens is 282 g/mol. The number of rotatable bonds is 5. The van der Waals surface area contributed by atoms with Crippen LogP contribution in [0.2, 0.25) is 0 Å². The fourth-order valence-corrected chi connectivity index (χ4v) is 3.98. The molecule has 2 heterocycles. The van der Waals surface area contributed by atoms with E-state index in [0.717, 1.165) is 31.5 Å². The van der Waals surface area contributed by atoms with Gasteiger partial charge in [-0.3, -0.25) is 9.69 Å². The molecule has 3 rings (SSSR count). The normalized spacial score (nSPS) is 29.0. The Bertz CT molecular complexity index is 528. The van der Waals surface area contributed by atoms with Crippen LogP contribution in [-0.2, 0) is 17.8 Å². The fourth-order valence-electron chi connectivity index (χ4n) is 3.98. The second-order valence-electron chi connectivity index (χ2n) is 7.08. The Morgan fingerprint density at radius 3 is 2.91 bits per heavy atom. The van der Waals surface area contributed by atoms with Crippen LogP contribution in [0.5, 0.6) is 0 Å². The van der Waals surface area contributed by atoms with Crippen LogP contribution < -0.4 is 0 Å². The number of hydrogen-bond acceptors (Lipinski definition) is 5. The van der Waals surface area contributed by atoms with E-state index in [-0.39, 0.29) is 0 Å². The van der Waals surface area contributed by atoms with Gasteiger partial charge in [-0.15, -0.1) is 0 Å². The Labute approximate surface area is 130 Å². The van der Waals surface area contributed by atoms with Crippen LogP contribution in [0.25, 0.3) is 0 Å². The van der Waals surface area contributed by atoms with Gasteiger partial charge >= 0.3 is 5.97 Å². The number of aromatic nitrogens is 2. The molecule has 122 valence electrons. The van der Waals surface area contributed by atoms with Crippen molar-refractivity contribution in [2.24, 2.45) is 11.8 Å². The van der Waals surface area contributed by atoms with Crippen LogP contribution in [0.15, 0.2) is 4.52 Å². The van der Waals surface area contributed by atoms with Crippen LogP contribution in [-0.4, -0.2) is 38.2 Å². The Kier molecular flexibility index (Phi) is 4.47. The summed E-state index contributed by atoms with van der Waals surface area (Å²) in [5, 5.41) is 13.5. The van der Waals surface area contributed by atoms with Crippen molar-refractivity contribution in [3.8, 4) is 0 Å². The van der Waals surface area contributed by atoms with Gasteiger partial charge < -0.3 is 9.63 Å². The van der Waals surface area contributed by atoms with Gasteiger partial charge in [0.1, 0.15) is 6.04 Å². The SMILES string of the molecule is CC(C)Cc1noc(CN2[C@@H]3CCCC[C@@H]3C[C@H]2C(=O)O)n1. The van der Waals surface area contributed by atoms with Crippen molar-refractivity contribution < 1.29 is 14.4 Å². The van der Waals surface area contributed by atoms with Crippen molar-refractivity contribution in [2.75, 3.05) is 0 Å². The van der Waals surface area contributed by atoms with E-state index in [4.69, 9.17) is 4.52 Å². The first-order valence-electron chi connectivity index (χ1n) is 8.34. The van der Waals surface area contributed by atoms with E-state index >= 15 is 0 Å². The lowest BCUT2D eigenvalue weighted by Gasteiger charge is -2.31. The maximum absolute atomic E-state index is 11.6. The summed E-state index contributed by atoms with van der Waals surface area (Å²) < 4.78 is 5.34. The number of likely N-dealkylation sites (tertiary alicyclic amines) is 1. The summed E-state index contributed by atoms with van der Waals surface area (Å²) in [5.74, 6) is 1.53. The van der Waals surface area contributed by atoms with Crippen LogP contribution >= 0.6 is 0 Å². The van der Waals surface area contributed by atoms with Crippen molar-refractivity contribution >= 4 is 5.97 Å². The average Bonchev–Trinajstić information content (AvgIpc) is 3.04. The van der Waals surface area contributed by atoms with Crippen molar-refractivity contribution in [1.82, 2.24) is 15.0 Å². The molecule has 0 bridgehead atoms. The molecule has 1 saturated heterocycles.